The normalized spacial score (nSPS) is 22.8. The van der Waals surface area contributed by atoms with Crippen LogP contribution in [0.2, 0.25) is 0 Å². The molecule has 0 spiro atoms. The van der Waals surface area contributed by atoms with Gasteiger partial charge >= 0.3 is 0 Å². The minimum atomic E-state index is -0.306. The number of nitrogens with zero attached hydrogens (tertiary/aromatic N) is 2. The lowest BCUT2D eigenvalue weighted by Crippen LogP contribution is -2.54. The highest BCUT2D eigenvalue weighted by atomic mass is 35.5. The largest absolute Gasteiger partial charge is 0.497 e. The fourth-order valence-electron chi connectivity index (χ4n) is 3.52. The molecule has 2 heterocycles. The van der Waals surface area contributed by atoms with Gasteiger partial charge in [0.1, 0.15) is 11.5 Å². The van der Waals surface area contributed by atoms with E-state index in [-0.39, 0.29) is 42.6 Å². The highest BCUT2D eigenvalue weighted by molar-refractivity contribution is 6.01. The molecule has 1 aromatic carbocycles. The molecule has 26 heavy (non-hydrogen) atoms. The number of carbonyl (C=O) groups is 2. The van der Waals surface area contributed by atoms with E-state index in [1.165, 1.54) is 0 Å². The maximum absolute atomic E-state index is 12.9. The van der Waals surface area contributed by atoms with Crippen LogP contribution in [0.25, 0.3) is 0 Å². The minimum Gasteiger partial charge on any atom is -0.497 e. The summed E-state index contributed by atoms with van der Waals surface area (Å²) in [7, 11) is 3.14. The van der Waals surface area contributed by atoms with Crippen molar-refractivity contribution in [3.8, 4) is 11.5 Å². The lowest BCUT2D eigenvalue weighted by atomic mass is 10.1. The van der Waals surface area contributed by atoms with E-state index in [4.69, 9.17) is 9.47 Å². The van der Waals surface area contributed by atoms with Crippen molar-refractivity contribution in [2.45, 2.75) is 19.4 Å². The van der Waals surface area contributed by atoms with Gasteiger partial charge in [0.2, 0.25) is 11.8 Å². The van der Waals surface area contributed by atoms with E-state index in [1.807, 2.05) is 11.8 Å². The first-order chi connectivity index (χ1) is 12.0. The number of nitrogens with one attached hydrogen (secondary N) is 1. The third-order valence-corrected chi connectivity index (χ3v) is 4.94. The molecular weight excluding hydrogens is 358 g/mol. The third-order valence-electron chi connectivity index (χ3n) is 4.94. The van der Waals surface area contributed by atoms with Gasteiger partial charge in [-0.25, -0.2) is 0 Å². The summed E-state index contributed by atoms with van der Waals surface area (Å²) >= 11 is 0. The zero-order chi connectivity index (χ0) is 18.0. The zero-order valence-electron chi connectivity index (χ0n) is 15.4. The van der Waals surface area contributed by atoms with Crippen LogP contribution >= 0.6 is 12.4 Å². The first kappa shape index (κ1) is 20.3. The van der Waals surface area contributed by atoms with Crippen molar-refractivity contribution in [3.63, 3.8) is 0 Å². The molecule has 1 N–H and O–H groups in total. The third kappa shape index (κ3) is 3.88. The summed E-state index contributed by atoms with van der Waals surface area (Å²) in [4.78, 5) is 28.9. The summed E-state index contributed by atoms with van der Waals surface area (Å²) in [6.45, 7) is 4.70. The molecule has 0 aliphatic carbocycles. The monoisotopic (exact) mass is 383 g/mol. The fraction of sp³-hybridized carbons (Fsp3) is 0.556. The van der Waals surface area contributed by atoms with Crippen molar-refractivity contribution in [1.82, 2.24) is 10.2 Å². The Hall–Kier alpha value is -1.99. The van der Waals surface area contributed by atoms with Gasteiger partial charge in [-0.3, -0.25) is 9.59 Å². The van der Waals surface area contributed by atoms with E-state index >= 15 is 0 Å². The number of methoxy groups -OCH3 is 2. The van der Waals surface area contributed by atoms with Gasteiger partial charge in [0, 0.05) is 44.7 Å². The fourth-order valence-corrected chi connectivity index (χ4v) is 3.52. The lowest BCUT2D eigenvalue weighted by molar-refractivity contribution is -0.138. The average Bonchev–Trinajstić information content (AvgIpc) is 3.02. The van der Waals surface area contributed by atoms with Crippen LogP contribution in [0.15, 0.2) is 18.2 Å². The summed E-state index contributed by atoms with van der Waals surface area (Å²) < 4.78 is 10.6. The Bertz CT molecular complexity index is 670. The van der Waals surface area contributed by atoms with E-state index in [2.05, 4.69) is 5.32 Å². The second-order valence-electron chi connectivity index (χ2n) is 6.53. The van der Waals surface area contributed by atoms with Gasteiger partial charge in [0.15, 0.2) is 0 Å². The van der Waals surface area contributed by atoms with Crippen LogP contribution < -0.4 is 19.7 Å². The number of hydrogen-bond donors (Lipinski definition) is 1. The van der Waals surface area contributed by atoms with Crippen LogP contribution in [-0.2, 0) is 9.59 Å². The highest BCUT2D eigenvalue weighted by Crippen LogP contribution is 2.36. The molecule has 1 aromatic rings. The van der Waals surface area contributed by atoms with Gasteiger partial charge in [-0.15, -0.1) is 12.4 Å². The predicted octanol–water partition coefficient (Wildman–Crippen LogP) is 1.30. The molecule has 144 valence electrons. The summed E-state index contributed by atoms with van der Waals surface area (Å²) in [6, 6.07) is 5.49. The molecule has 2 aliphatic rings. The summed E-state index contributed by atoms with van der Waals surface area (Å²) in [5, 5.41) is 3.28. The molecule has 0 bridgehead atoms. The maximum Gasteiger partial charge on any atom is 0.228 e. The van der Waals surface area contributed by atoms with Crippen LogP contribution in [0.5, 0.6) is 11.5 Å². The Balaban J connectivity index is 0.00000243. The van der Waals surface area contributed by atoms with E-state index in [9.17, 15) is 9.59 Å². The number of carbonyl (C=O) groups excluding carboxylic acids is 2. The molecule has 3 rings (SSSR count). The molecule has 0 aromatic heterocycles. The SMILES string of the molecule is COc1ccc(N2CC(C(=O)N3CCNC[C@@H]3C)CC2=O)c(OC)c1.Cl. The van der Waals surface area contributed by atoms with Crippen molar-refractivity contribution < 1.29 is 19.1 Å². The number of hydrogen-bond acceptors (Lipinski definition) is 5. The van der Waals surface area contributed by atoms with Crippen LogP contribution in [0.1, 0.15) is 13.3 Å². The van der Waals surface area contributed by atoms with Crippen molar-refractivity contribution in [2.24, 2.45) is 5.92 Å². The Morgan fingerprint density at radius 2 is 2.04 bits per heavy atom. The molecule has 2 fully saturated rings. The quantitative estimate of drug-likeness (QED) is 0.848. The van der Waals surface area contributed by atoms with Crippen LogP contribution in [0.3, 0.4) is 0 Å². The van der Waals surface area contributed by atoms with Crippen molar-refractivity contribution in [1.29, 1.82) is 0 Å². The number of ether oxygens (including phenoxy) is 2. The standard InChI is InChI=1S/C18H25N3O4.ClH/c1-12-10-19-6-7-20(12)18(23)13-8-17(22)21(11-13)15-5-4-14(24-2)9-16(15)25-3;/h4-5,9,12-13,19H,6-8,10-11H2,1-3H3;1H/t12-,13?;/m0./s1. The summed E-state index contributed by atoms with van der Waals surface area (Å²) in [6.07, 6.45) is 0.241. The van der Waals surface area contributed by atoms with Crippen LogP contribution in [0, 0.1) is 5.92 Å². The molecule has 2 amide bonds. The smallest absolute Gasteiger partial charge is 0.228 e. The first-order valence-corrected chi connectivity index (χ1v) is 8.58. The van der Waals surface area contributed by atoms with E-state index in [0.29, 0.717) is 30.3 Å². The average molecular weight is 384 g/mol. The lowest BCUT2D eigenvalue weighted by Gasteiger charge is -2.35. The molecular formula is C18H26ClN3O4. The van der Waals surface area contributed by atoms with Crippen LogP contribution in [0.4, 0.5) is 5.69 Å². The number of amides is 2. The molecule has 2 aliphatic heterocycles. The predicted molar refractivity (Wildman–Crippen MR) is 101 cm³/mol. The van der Waals surface area contributed by atoms with E-state index < -0.39 is 0 Å². The topological polar surface area (TPSA) is 71.1 Å². The maximum atomic E-state index is 12.9. The molecule has 0 radical (unpaired) electrons. The molecule has 7 nitrogen and oxygen atoms in total. The second kappa shape index (κ2) is 8.60. The van der Waals surface area contributed by atoms with Crippen molar-refractivity contribution >= 4 is 29.9 Å². The van der Waals surface area contributed by atoms with Gasteiger partial charge in [-0.2, -0.15) is 0 Å². The minimum absolute atomic E-state index is 0. The highest BCUT2D eigenvalue weighted by Gasteiger charge is 2.39. The van der Waals surface area contributed by atoms with Crippen molar-refractivity contribution in [3.05, 3.63) is 18.2 Å². The number of halogens is 1. The number of anilines is 1. The van der Waals surface area contributed by atoms with Gasteiger partial charge in [-0.1, -0.05) is 0 Å². The Labute approximate surface area is 160 Å². The molecule has 2 saturated heterocycles. The van der Waals surface area contributed by atoms with Gasteiger partial charge < -0.3 is 24.6 Å². The molecule has 1 unspecified atom stereocenters. The number of rotatable bonds is 4. The second-order valence-corrected chi connectivity index (χ2v) is 6.53. The summed E-state index contributed by atoms with van der Waals surface area (Å²) in [5.74, 6) is 0.938. The molecule has 2 atom stereocenters. The van der Waals surface area contributed by atoms with Gasteiger partial charge in [0.05, 0.1) is 25.8 Å². The van der Waals surface area contributed by atoms with E-state index in [1.54, 1.807) is 37.3 Å². The van der Waals surface area contributed by atoms with E-state index in [0.717, 1.165) is 13.1 Å². The van der Waals surface area contributed by atoms with Crippen molar-refractivity contribution in [2.75, 3.05) is 45.3 Å². The number of piperazine rings is 1. The van der Waals surface area contributed by atoms with Gasteiger partial charge in [0.25, 0.3) is 0 Å². The Morgan fingerprint density at radius 1 is 1.27 bits per heavy atom. The first-order valence-electron chi connectivity index (χ1n) is 8.58. The summed E-state index contributed by atoms with van der Waals surface area (Å²) in [5.41, 5.74) is 0.678. The van der Waals surface area contributed by atoms with Crippen LogP contribution in [-0.4, -0.2) is 63.2 Å². The Kier molecular flexibility index (Phi) is 6.72. The Morgan fingerprint density at radius 3 is 2.69 bits per heavy atom. The molecule has 0 saturated carbocycles. The number of benzene rings is 1. The van der Waals surface area contributed by atoms with Gasteiger partial charge in [-0.05, 0) is 19.1 Å². The zero-order valence-corrected chi connectivity index (χ0v) is 16.2. The molecule has 8 heteroatoms.